The van der Waals surface area contributed by atoms with Crippen molar-refractivity contribution < 1.29 is 24.1 Å². The molecule has 2 fully saturated rings. The number of pyridine rings is 1. The Kier molecular flexibility index (Phi) is 6.66. The van der Waals surface area contributed by atoms with Gasteiger partial charge < -0.3 is 24.6 Å². The minimum absolute atomic E-state index is 0. The van der Waals surface area contributed by atoms with Gasteiger partial charge in [0.05, 0.1) is 37.7 Å². The van der Waals surface area contributed by atoms with Gasteiger partial charge in [-0.1, -0.05) is 0 Å². The molecule has 2 aliphatic heterocycles. The summed E-state index contributed by atoms with van der Waals surface area (Å²) >= 11 is 0. The van der Waals surface area contributed by atoms with Crippen LogP contribution in [0, 0.1) is 0 Å². The quantitative estimate of drug-likeness (QED) is 0.738. The zero-order chi connectivity index (χ0) is 22.7. The van der Waals surface area contributed by atoms with E-state index in [0.29, 0.717) is 64.4 Å². The fraction of sp³-hybridized carbons (Fsp3) is 0.571. The first-order valence-corrected chi connectivity index (χ1v) is 10.7. The molecule has 0 saturated carbocycles. The van der Waals surface area contributed by atoms with Crippen molar-refractivity contribution in [2.24, 2.45) is 0 Å². The highest BCUT2D eigenvalue weighted by atomic mass is 19.4. The second-order valence-electron chi connectivity index (χ2n) is 8.02. The molecule has 0 spiro atoms. The second kappa shape index (κ2) is 9.45. The maximum Gasteiger partial charge on any atom is 0.417 e. The topological polar surface area (TPSA) is 75.6 Å². The predicted molar refractivity (Wildman–Crippen MR) is 117 cm³/mol. The van der Waals surface area contributed by atoms with Gasteiger partial charge in [0.2, 0.25) is 5.95 Å². The van der Waals surface area contributed by atoms with E-state index in [0.717, 1.165) is 6.07 Å². The normalized spacial score (nSPS) is 17.7. The summed E-state index contributed by atoms with van der Waals surface area (Å²) in [5.41, 5.74) is -0.660. The van der Waals surface area contributed by atoms with Gasteiger partial charge in [-0.05, 0) is 19.9 Å². The van der Waals surface area contributed by atoms with Crippen LogP contribution in [0.4, 0.5) is 30.8 Å². The van der Waals surface area contributed by atoms with Crippen molar-refractivity contribution in [1.29, 1.82) is 0 Å². The van der Waals surface area contributed by atoms with E-state index in [1.165, 1.54) is 6.20 Å². The molecule has 0 radical (unpaired) electrons. The number of nitrogens with zero attached hydrogens (tertiary/aromatic N) is 5. The van der Waals surface area contributed by atoms with E-state index in [9.17, 15) is 13.2 Å². The third-order valence-corrected chi connectivity index (χ3v) is 5.25. The summed E-state index contributed by atoms with van der Waals surface area (Å²) in [4.78, 5) is 17.4. The Morgan fingerprint density at radius 3 is 2.19 bits per heavy atom. The van der Waals surface area contributed by atoms with E-state index in [4.69, 9.17) is 9.47 Å². The molecule has 4 rings (SSSR count). The molecule has 32 heavy (non-hydrogen) atoms. The van der Waals surface area contributed by atoms with Crippen LogP contribution in [0.25, 0.3) is 11.3 Å². The molecule has 1 N–H and O–H groups in total. The second-order valence-corrected chi connectivity index (χ2v) is 8.02. The first-order chi connectivity index (χ1) is 15.3. The molecule has 2 aromatic heterocycles. The third kappa shape index (κ3) is 5.21. The summed E-state index contributed by atoms with van der Waals surface area (Å²) in [6, 6.07) is 2.60. The lowest BCUT2D eigenvalue weighted by molar-refractivity contribution is -0.137. The smallest absolute Gasteiger partial charge is 0.378 e. The molecule has 176 valence electrons. The van der Waals surface area contributed by atoms with Crippen molar-refractivity contribution in [1.82, 2.24) is 15.0 Å². The number of halogens is 3. The number of rotatable bonds is 5. The Morgan fingerprint density at radius 2 is 1.59 bits per heavy atom. The number of nitrogens with one attached hydrogen (secondary N) is 1. The fourth-order valence-corrected chi connectivity index (χ4v) is 3.69. The monoisotopic (exact) mass is 454 g/mol. The molecule has 0 unspecified atom stereocenters. The highest BCUT2D eigenvalue weighted by Gasteiger charge is 2.35. The SMILES string of the molecule is CC(C)Nc1cc(C(F)(F)F)c(-c2cc(N3CCOCC3)nc(N3CCOCC3)n2)cn1.[HH]. The van der Waals surface area contributed by atoms with Crippen LogP contribution >= 0.6 is 0 Å². The lowest BCUT2D eigenvalue weighted by Gasteiger charge is -2.31. The van der Waals surface area contributed by atoms with Crippen LogP contribution in [0.15, 0.2) is 18.3 Å². The molecule has 0 aliphatic carbocycles. The standard InChI is InChI=1S/C21H27F3N6O2.H2/c1-14(2)26-18-11-16(21(22,23)24)15(13-25-18)17-12-19(29-3-7-31-8-4-29)28-20(27-17)30-5-9-32-10-6-30;/h11-14H,3-10H2,1-2H3,(H,25,26);1H. The van der Waals surface area contributed by atoms with E-state index >= 15 is 0 Å². The van der Waals surface area contributed by atoms with E-state index in [1.807, 2.05) is 23.6 Å². The number of morpholine rings is 2. The van der Waals surface area contributed by atoms with Gasteiger partial charge in [0.1, 0.15) is 11.6 Å². The zero-order valence-electron chi connectivity index (χ0n) is 18.2. The van der Waals surface area contributed by atoms with E-state index in [1.54, 1.807) is 6.07 Å². The molecular formula is C21H29F3N6O2. The largest absolute Gasteiger partial charge is 0.417 e. The Morgan fingerprint density at radius 1 is 0.969 bits per heavy atom. The summed E-state index contributed by atoms with van der Waals surface area (Å²) < 4.78 is 52.8. The average Bonchev–Trinajstić information content (AvgIpc) is 2.79. The van der Waals surface area contributed by atoms with Gasteiger partial charge >= 0.3 is 6.18 Å². The Balaban J connectivity index is 0.00000306. The van der Waals surface area contributed by atoms with E-state index < -0.39 is 11.7 Å². The molecule has 0 aromatic carbocycles. The van der Waals surface area contributed by atoms with Crippen LogP contribution in [0.2, 0.25) is 0 Å². The number of hydrogen-bond donors (Lipinski definition) is 1. The van der Waals surface area contributed by atoms with Gasteiger partial charge in [-0.15, -0.1) is 0 Å². The van der Waals surface area contributed by atoms with Crippen LogP contribution in [-0.4, -0.2) is 73.6 Å². The average molecular weight is 454 g/mol. The number of alkyl halides is 3. The van der Waals surface area contributed by atoms with Crippen molar-refractivity contribution in [3.63, 3.8) is 0 Å². The van der Waals surface area contributed by atoms with Gasteiger partial charge in [0.15, 0.2) is 0 Å². The first-order valence-electron chi connectivity index (χ1n) is 10.7. The molecule has 2 aliphatic rings. The minimum Gasteiger partial charge on any atom is -0.378 e. The van der Waals surface area contributed by atoms with Crippen LogP contribution in [-0.2, 0) is 15.7 Å². The molecule has 2 saturated heterocycles. The minimum atomic E-state index is -4.56. The van der Waals surface area contributed by atoms with Crippen molar-refractivity contribution in [2.45, 2.75) is 26.1 Å². The van der Waals surface area contributed by atoms with Crippen LogP contribution < -0.4 is 15.1 Å². The Hall–Kier alpha value is -2.66. The van der Waals surface area contributed by atoms with Crippen LogP contribution in [0.1, 0.15) is 20.8 Å². The van der Waals surface area contributed by atoms with E-state index in [2.05, 4.69) is 20.3 Å². The molecular weight excluding hydrogens is 425 g/mol. The van der Waals surface area contributed by atoms with Crippen molar-refractivity contribution in [2.75, 3.05) is 67.7 Å². The van der Waals surface area contributed by atoms with Crippen LogP contribution in [0.5, 0.6) is 0 Å². The van der Waals surface area contributed by atoms with E-state index in [-0.39, 0.29) is 24.5 Å². The van der Waals surface area contributed by atoms with Gasteiger partial charge in [-0.2, -0.15) is 18.2 Å². The lowest BCUT2D eigenvalue weighted by Crippen LogP contribution is -2.39. The van der Waals surface area contributed by atoms with Crippen molar-refractivity contribution >= 4 is 17.6 Å². The third-order valence-electron chi connectivity index (χ3n) is 5.25. The molecule has 4 heterocycles. The summed E-state index contributed by atoms with van der Waals surface area (Å²) in [7, 11) is 0. The summed E-state index contributed by atoms with van der Waals surface area (Å²) in [5.74, 6) is 1.15. The van der Waals surface area contributed by atoms with Crippen molar-refractivity contribution in [3.05, 3.63) is 23.9 Å². The number of anilines is 3. The highest BCUT2D eigenvalue weighted by molar-refractivity contribution is 5.70. The maximum absolute atomic E-state index is 14.0. The van der Waals surface area contributed by atoms with Gasteiger partial charge in [0, 0.05) is 51.5 Å². The summed E-state index contributed by atoms with van der Waals surface area (Å²) in [5, 5.41) is 2.93. The lowest BCUT2D eigenvalue weighted by atomic mass is 10.1. The first kappa shape index (κ1) is 22.5. The number of hydrogen-bond acceptors (Lipinski definition) is 8. The summed E-state index contributed by atoms with van der Waals surface area (Å²) in [6.07, 6.45) is -3.32. The predicted octanol–water partition coefficient (Wildman–Crippen LogP) is 3.30. The summed E-state index contributed by atoms with van der Waals surface area (Å²) in [6.45, 7) is 8.18. The van der Waals surface area contributed by atoms with Crippen LogP contribution in [0.3, 0.4) is 0 Å². The molecule has 0 bridgehead atoms. The molecule has 2 aromatic rings. The molecule has 0 atom stereocenters. The number of aromatic nitrogens is 3. The highest BCUT2D eigenvalue weighted by Crippen LogP contribution is 2.38. The molecule has 8 nitrogen and oxygen atoms in total. The van der Waals surface area contributed by atoms with Gasteiger partial charge in [-0.25, -0.2) is 9.97 Å². The van der Waals surface area contributed by atoms with Gasteiger partial charge in [0.25, 0.3) is 0 Å². The zero-order valence-corrected chi connectivity index (χ0v) is 18.2. The molecule has 0 amide bonds. The number of ether oxygens (including phenoxy) is 2. The molecule has 11 heteroatoms. The maximum atomic E-state index is 14.0. The Labute approximate surface area is 186 Å². The van der Waals surface area contributed by atoms with Crippen molar-refractivity contribution in [3.8, 4) is 11.3 Å². The fourth-order valence-electron chi connectivity index (χ4n) is 3.69. The Bertz CT molecular complexity index is 898. The van der Waals surface area contributed by atoms with Gasteiger partial charge in [-0.3, -0.25) is 0 Å².